The summed E-state index contributed by atoms with van der Waals surface area (Å²) in [4.78, 5) is 34.0. The molecular formula is C16H13BrN2O6. The van der Waals surface area contributed by atoms with Crippen LogP contribution < -0.4 is 10.1 Å². The Morgan fingerprint density at radius 2 is 2.00 bits per heavy atom. The maximum atomic E-state index is 12.0. The third kappa shape index (κ3) is 5.01. The topological polar surface area (TPSA) is 108 Å². The molecule has 0 radical (unpaired) electrons. The molecule has 0 aliphatic carbocycles. The number of anilines is 1. The van der Waals surface area contributed by atoms with Crippen molar-refractivity contribution in [3.8, 4) is 5.75 Å². The fourth-order valence-corrected chi connectivity index (χ4v) is 2.34. The van der Waals surface area contributed by atoms with Crippen molar-refractivity contribution < 1.29 is 24.0 Å². The summed E-state index contributed by atoms with van der Waals surface area (Å²) in [6.45, 7) is -0.523. The molecule has 2 rings (SSSR count). The second-order valence-electron chi connectivity index (χ2n) is 4.78. The van der Waals surface area contributed by atoms with Gasteiger partial charge in [0.25, 0.3) is 5.91 Å². The van der Waals surface area contributed by atoms with Gasteiger partial charge in [0.2, 0.25) is 0 Å². The van der Waals surface area contributed by atoms with E-state index in [0.717, 1.165) is 10.5 Å². The number of nitrogens with zero attached hydrogens (tertiary/aromatic N) is 1. The standard InChI is InChI=1S/C16H13BrN2O6/c1-24-14-6-5-10(7-13(14)19(22)23)16(21)25-9-15(20)18-12-4-2-3-11(17)8-12/h2-8H,9H2,1H3,(H,18,20). The highest BCUT2D eigenvalue weighted by molar-refractivity contribution is 9.10. The van der Waals surface area contributed by atoms with Crippen molar-refractivity contribution in [3.63, 3.8) is 0 Å². The monoisotopic (exact) mass is 408 g/mol. The molecule has 0 unspecified atom stereocenters. The first kappa shape index (κ1) is 18.4. The molecule has 2 aromatic carbocycles. The summed E-state index contributed by atoms with van der Waals surface area (Å²) >= 11 is 3.27. The van der Waals surface area contributed by atoms with E-state index in [2.05, 4.69) is 21.2 Å². The molecule has 25 heavy (non-hydrogen) atoms. The molecule has 130 valence electrons. The van der Waals surface area contributed by atoms with E-state index >= 15 is 0 Å². The molecule has 8 nitrogen and oxygen atoms in total. The third-order valence-electron chi connectivity index (χ3n) is 3.05. The van der Waals surface area contributed by atoms with Crippen LogP contribution in [-0.2, 0) is 9.53 Å². The van der Waals surface area contributed by atoms with E-state index in [1.54, 1.807) is 24.3 Å². The fraction of sp³-hybridized carbons (Fsp3) is 0.125. The third-order valence-corrected chi connectivity index (χ3v) is 3.55. The molecule has 2 aromatic rings. The van der Waals surface area contributed by atoms with Gasteiger partial charge in [0.15, 0.2) is 12.4 Å². The van der Waals surface area contributed by atoms with E-state index in [1.807, 2.05) is 0 Å². The second kappa shape index (κ2) is 8.25. The zero-order valence-electron chi connectivity index (χ0n) is 13.0. The molecule has 0 heterocycles. The van der Waals surface area contributed by atoms with Crippen molar-refractivity contribution in [3.05, 3.63) is 62.6 Å². The van der Waals surface area contributed by atoms with Crippen molar-refractivity contribution in [2.75, 3.05) is 19.0 Å². The van der Waals surface area contributed by atoms with Crippen molar-refractivity contribution in [2.24, 2.45) is 0 Å². The molecule has 0 aliphatic heterocycles. The van der Waals surface area contributed by atoms with E-state index in [1.165, 1.54) is 19.2 Å². The molecule has 9 heteroatoms. The second-order valence-corrected chi connectivity index (χ2v) is 5.69. The molecule has 0 aliphatic rings. The largest absolute Gasteiger partial charge is 0.490 e. The van der Waals surface area contributed by atoms with Gasteiger partial charge in [-0.05, 0) is 30.3 Å². The number of hydrogen-bond acceptors (Lipinski definition) is 6. The molecule has 1 amide bonds. The Balaban J connectivity index is 1.99. The number of esters is 1. The van der Waals surface area contributed by atoms with E-state index in [4.69, 9.17) is 9.47 Å². The van der Waals surface area contributed by atoms with Gasteiger partial charge in [0.1, 0.15) is 0 Å². The number of nitro benzene ring substituents is 1. The van der Waals surface area contributed by atoms with Gasteiger partial charge in [-0.1, -0.05) is 22.0 Å². The SMILES string of the molecule is COc1ccc(C(=O)OCC(=O)Nc2cccc(Br)c2)cc1[N+](=O)[O-]. The number of nitro groups is 1. The zero-order chi connectivity index (χ0) is 18.4. The van der Waals surface area contributed by atoms with Gasteiger partial charge in [0.05, 0.1) is 17.6 Å². The number of amides is 1. The molecule has 0 spiro atoms. The van der Waals surface area contributed by atoms with E-state index in [-0.39, 0.29) is 17.0 Å². The maximum Gasteiger partial charge on any atom is 0.338 e. The van der Waals surface area contributed by atoms with Crippen molar-refractivity contribution in [1.82, 2.24) is 0 Å². The summed E-state index contributed by atoms with van der Waals surface area (Å²) in [5, 5.41) is 13.5. The molecule has 0 bridgehead atoms. The van der Waals surface area contributed by atoms with Crippen LogP contribution in [0.15, 0.2) is 46.9 Å². The number of rotatable bonds is 6. The normalized spacial score (nSPS) is 10.0. The lowest BCUT2D eigenvalue weighted by Gasteiger charge is -2.08. The number of ether oxygens (including phenoxy) is 2. The van der Waals surface area contributed by atoms with E-state index in [0.29, 0.717) is 5.69 Å². The molecule has 1 N–H and O–H groups in total. The molecular weight excluding hydrogens is 396 g/mol. The molecule has 0 fully saturated rings. The maximum absolute atomic E-state index is 12.0. The number of halogens is 1. The summed E-state index contributed by atoms with van der Waals surface area (Å²) in [7, 11) is 1.28. The Kier molecular flexibility index (Phi) is 6.07. The quantitative estimate of drug-likeness (QED) is 0.446. The Labute approximate surface area is 151 Å². The Bertz CT molecular complexity index is 824. The number of nitrogens with one attached hydrogen (secondary N) is 1. The van der Waals surface area contributed by atoms with E-state index in [9.17, 15) is 19.7 Å². The van der Waals surface area contributed by atoms with Crippen LogP contribution >= 0.6 is 15.9 Å². The average Bonchev–Trinajstić information content (AvgIpc) is 2.59. The summed E-state index contributed by atoms with van der Waals surface area (Å²) in [6.07, 6.45) is 0. The number of benzene rings is 2. The van der Waals surface area contributed by atoms with Crippen molar-refractivity contribution >= 4 is 39.2 Å². The highest BCUT2D eigenvalue weighted by atomic mass is 79.9. The van der Waals surface area contributed by atoms with Gasteiger partial charge < -0.3 is 14.8 Å². The van der Waals surface area contributed by atoms with Crippen LogP contribution in [0.2, 0.25) is 0 Å². The van der Waals surface area contributed by atoms with Crippen LogP contribution in [-0.4, -0.2) is 30.5 Å². The van der Waals surface area contributed by atoms with Crippen LogP contribution in [0.4, 0.5) is 11.4 Å². The van der Waals surface area contributed by atoms with Gasteiger partial charge >= 0.3 is 11.7 Å². The highest BCUT2D eigenvalue weighted by Crippen LogP contribution is 2.27. The first-order valence-electron chi connectivity index (χ1n) is 6.95. The predicted molar refractivity (Wildman–Crippen MR) is 92.7 cm³/mol. The zero-order valence-corrected chi connectivity index (χ0v) is 14.6. The highest BCUT2D eigenvalue weighted by Gasteiger charge is 2.19. The number of methoxy groups -OCH3 is 1. The Morgan fingerprint density at radius 1 is 1.24 bits per heavy atom. The Hall–Kier alpha value is -2.94. The lowest BCUT2D eigenvalue weighted by atomic mass is 10.2. The molecule has 0 saturated carbocycles. The van der Waals surface area contributed by atoms with Gasteiger partial charge in [-0.3, -0.25) is 14.9 Å². The molecule has 0 atom stereocenters. The predicted octanol–water partition coefficient (Wildman–Crippen LogP) is 3.16. The minimum Gasteiger partial charge on any atom is -0.490 e. The minimum absolute atomic E-state index is 0.0222. The lowest BCUT2D eigenvalue weighted by Crippen LogP contribution is -2.21. The molecule has 0 saturated heterocycles. The van der Waals surface area contributed by atoms with Crippen LogP contribution in [0.25, 0.3) is 0 Å². The van der Waals surface area contributed by atoms with Gasteiger partial charge in [-0.25, -0.2) is 4.79 Å². The van der Waals surface area contributed by atoms with Crippen molar-refractivity contribution in [2.45, 2.75) is 0 Å². The Morgan fingerprint density at radius 3 is 2.64 bits per heavy atom. The van der Waals surface area contributed by atoms with Crippen molar-refractivity contribution in [1.29, 1.82) is 0 Å². The average molecular weight is 409 g/mol. The van der Waals surface area contributed by atoms with Crippen LogP contribution in [0.1, 0.15) is 10.4 Å². The fourth-order valence-electron chi connectivity index (χ4n) is 1.94. The smallest absolute Gasteiger partial charge is 0.338 e. The summed E-state index contributed by atoms with van der Waals surface area (Å²) in [6, 6.07) is 10.5. The molecule has 0 aromatic heterocycles. The first-order valence-corrected chi connectivity index (χ1v) is 7.75. The van der Waals surface area contributed by atoms with Crippen LogP contribution in [0, 0.1) is 10.1 Å². The first-order chi connectivity index (χ1) is 11.9. The minimum atomic E-state index is -0.852. The number of carbonyl (C=O) groups is 2. The summed E-state index contributed by atoms with van der Waals surface area (Å²) < 4.78 is 10.5. The number of hydrogen-bond donors (Lipinski definition) is 1. The summed E-state index contributed by atoms with van der Waals surface area (Å²) in [5.41, 5.74) is 0.119. The van der Waals surface area contributed by atoms with Crippen LogP contribution in [0.5, 0.6) is 5.75 Å². The van der Waals surface area contributed by atoms with Gasteiger partial charge in [-0.2, -0.15) is 0 Å². The lowest BCUT2D eigenvalue weighted by molar-refractivity contribution is -0.385. The number of carbonyl (C=O) groups excluding carboxylic acids is 2. The van der Waals surface area contributed by atoms with E-state index < -0.39 is 23.4 Å². The van der Waals surface area contributed by atoms with Gasteiger partial charge in [0, 0.05) is 16.2 Å². The van der Waals surface area contributed by atoms with Gasteiger partial charge in [-0.15, -0.1) is 0 Å². The van der Waals surface area contributed by atoms with Crippen LogP contribution in [0.3, 0.4) is 0 Å². The summed E-state index contributed by atoms with van der Waals surface area (Å²) in [5.74, 6) is -1.36.